The lowest BCUT2D eigenvalue weighted by Crippen LogP contribution is -2.34. The fraction of sp³-hybridized carbons (Fsp3) is 0.176. The normalized spacial score (nSPS) is 11.0. The molecule has 2 N–H and O–H groups in total. The second kappa shape index (κ2) is 8.14. The van der Waals surface area contributed by atoms with Gasteiger partial charge in [-0.1, -0.05) is 24.3 Å². The highest BCUT2D eigenvalue weighted by atomic mass is 32.1. The monoisotopic (exact) mass is 314 g/mol. The third kappa shape index (κ3) is 4.86. The molecule has 0 atom stereocenters. The van der Waals surface area contributed by atoms with Crippen molar-refractivity contribution in [2.75, 3.05) is 13.1 Å². The van der Waals surface area contributed by atoms with Crippen LogP contribution in [0.4, 0.5) is 0 Å². The minimum Gasteiger partial charge on any atom is -0.351 e. The van der Waals surface area contributed by atoms with Crippen LogP contribution in [0, 0.1) is 0 Å². The fourth-order valence-electron chi connectivity index (χ4n) is 1.84. The Morgan fingerprint density at radius 3 is 2.45 bits per heavy atom. The number of hydrogen-bond donors (Lipinski definition) is 2. The van der Waals surface area contributed by atoms with E-state index in [1.807, 2.05) is 41.8 Å². The summed E-state index contributed by atoms with van der Waals surface area (Å²) in [5.74, 6) is -0.261. The molecule has 0 aliphatic rings. The van der Waals surface area contributed by atoms with E-state index in [9.17, 15) is 9.59 Å². The molecule has 0 unspecified atom stereocenters. The van der Waals surface area contributed by atoms with Crippen LogP contribution >= 0.6 is 11.3 Å². The molecule has 0 spiro atoms. The van der Waals surface area contributed by atoms with E-state index >= 15 is 0 Å². The number of carbonyl (C=O) groups excluding carboxylic acids is 2. The van der Waals surface area contributed by atoms with Gasteiger partial charge < -0.3 is 10.6 Å². The molecule has 0 saturated carbocycles. The van der Waals surface area contributed by atoms with Crippen LogP contribution in [-0.4, -0.2) is 24.9 Å². The molecule has 22 heavy (non-hydrogen) atoms. The van der Waals surface area contributed by atoms with Crippen molar-refractivity contribution >= 4 is 29.2 Å². The Hall–Kier alpha value is -2.40. The Morgan fingerprint density at radius 2 is 1.77 bits per heavy atom. The summed E-state index contributed by atoms with van der Waals surface area (Å²) >= 11 is 1.59. The van der Waals surface area contributed by atoms with Gasteiger partial charge in [-0.3, -0.25) is 9.59 Å². The number of amides is 2. The van der Waals surface area contributed by atoms with Gasteiger partial charge in [0.1, 0.15) is 0 Å². The Bertz CT molecular complexity index is 649. The zero-order chi connectivity index (χ0) is 15.8. The summed E-state index contributed by atoms with van der Waals surface area (Å²) in [5, 5.41) is 7.52. The molecule has 114 valence electrons. The van der Waals surface area contributed by atoms with Gasteiger partial charge in [0.15, 0.2) is 0 Å². The maximum Gasteiger partial charge on any atom is 0.251 e. The summed E-state index contributed by atoms with van der Waals surface area (Å²) in [7, 11) is 0. The molecule has 0 aliphatic heterocycles. The van der Waals surface area contributed by atoms with Gasteiger partial charge in [0.05, 0.1) is 0 Å². The summed E-state index contributed by atoms with van der Waals surface area (Å²) in [6.07, 6.45) is 1.85. The molecule has 0 bridgehead atoms. The average Bonchev–Trinajstić information content (AvgIpc) is 3.04. The second-order valence-electron chi connectivity index (χ2n) is 4.72. The molecule has 4 nitrogen and oxygen atoms in total. The molecule has 0 radical (unpaired) electrons. The number of nitrogens with one attached hydrogen (secondary N) is 2. The third-order valence-corrected chi connectivity index (χ3v) is 3.81. The SMILES string of the molecule is C/C(=C\c1cccs1)C(=O)NCCNC(=O)c1ccccc1. The zero-order valence-electron chi connectivity index (χ0n) is 12.3. The lowest BCUT2D eigenvalue weighted by molar-refractivity contribution is -0.117. The van der Waals surface area contributed by atoms with E-state index in [2.05, 4.69) is 10.6 Å². The summed E-state index contributed by atoms with van der Waals surface area (Å²) in [6, 6.07) is 12.9. The largest absolute Gasteiger partial charge is 0.351 e. The highest BCUT2D eigenvalue weighted by molar-refractivity contribution is 7.10. The number of rotatable bonds is 6. The minimum absolute atomic E-state index is 0.123. The number of thiophene rings is 1. The Kier molecular flexibility index (Phi) is 5.91. The standard InChI is InChI=1S/C17H18N2O2S/c1-13(12-15-8-5-11-22-15)16(20)18-9-10-19-17(21)14-6-3-2-4-7-14/h2-8,11-12H,9-10H2,1H3,(H,18,20)(H,19,21)/b13-12+. The molecular weight excluding hydrogens is 296 g/mol. The van der Waals surface area contributed by atoms with Crippen LogP contribution in [0.25, 0.3) is 6.08 Å². The van der Waals surface area contributed by atoms with E-state index in [1.165, 1.54) is 0 Å². The third-order valence-electron chi connectivity index (χ3n) is 2.99. The summed E-state index contributed by atoms with van der Waals surface area (Å²) in [6.45, 7) is 2.57. The van der Waals surface area contributed by atoms with Crippen molar-refractivity contribution < 1.29 is 9.59 Å². The van der Waals surface area contributed by atoms with Crippen molar-refractivity contribution in [3.63, 3.8) is 0 Å². The maximum atomic E-state index is 11.9. The quantitative estimate of drug-likeness (QED) is 0.636. The van der Waals surface area contributed by atoms with Crippen molar-refractivity contribution in [1.29, 1.82) is 0 Å². The van der Waals surface area contributed by atoms with Crippen LogP contribution < -0.4 is 10.6 Å². The lowest BCUT2D eigenvalue weighted by Gasteiger charge is -2.07. The van der Waals surface area contributed by atoms with Gasteiger partial charge in [-0.25, -0.2) is 0 Å². The number of hydrogen-bond acceptors (Lipinski definition) is 3. The van der Waals surface area contributed by atoms with E-state index in [1.54, 1.807) is 30.4 Å². The highest BCUT2D eigenvalue weighted by Crippen LogP contribution is 2.12. The van der Waals surface area contributed by atoms with Gasteiger partial charge in [0.2, 0.25) is 5.91 Å². The van der Waals surface area contributed by atoms with Gasteiger partial charge in [-0.15, -0.1) is 11.3 Å². The van der Waals surface area contributed by atoms with Crippen molar-refractivity contribution in [1.82, 2.24) is 10.6 Å². The summed E-state index contributed by atoms with van der Waals surface area (Å²) in [5.41, 5.74) is 1.26. The molecular formula is C17H18N2O2S. The van der Waals surface area contributed by atoms with E-state index in [-0.39, 0.29) is 11.8 Å². The van der Waals surface area contributed by atoms with Crippen molar-refractivity contribution in [3.05, 3.63) is 63.9 Å². The molecule has 1 heterocycles. The van der Waals surface area contributed by atoms with E-state index < -0.39 is 0 Å². The van der Waals surface area contributed by atoms with Gasteiger partial charge >= 0.3 is 0 Å². The number of carbonyl (C=O) groups is 2. The molecule has 2 aromatic rings. The molecule has 0 aliphatic carbocycles. The Labute approximate surface area is 133 Å². The Balaban J connectivity index is 1.72. The number of benzene rings is 1. The van der Waals surface area contributed by atoms with E-state index in [0.29, 0.717) is 24.2 Å². The molecule has 2 rings (SSSR count). The van der Waals surface area contributed by atoms with Crippen LogP contribution in [0.15, 0.2) is 53.4 Å². The van der Waals surface area contributed by atoms with Crippen LogP contribution in [-0.2, 0) is 4.79 Å². The minimum atomic E-state index is -0.138. The molecule has 0 saturated heterocycles. The second-order valence-corrected chi connectivity index (χ2v) is 5.70. The fourth-order valence-corrected chi connectivity index (χ4v) is 2.55. The van der Waals surface area contributed by atoms with Gasteiger partial charge in [-0.05, 0) is 36.6 Å². The first-order valence-corrected chi connectivity index (χ1v) is 7.88. The van der Waals surface area contributed by atoms with Gasteiger partial charge in [0.25, 0.3) is 5.91 Å². The molecule has 0 fully saturated rings. The maximum absolute atomic E-state index is 11.9. The van der Waals surface area contributed by atoms with Crippen LogP contribution in [0.1, 0.15) is 22.2 Å². The summed E-state index contributed by atoms with van der Waals surface area (Å²) in [4.78, 5) is 24.7. The first-order chi connectivity index (χ1) is 10.7. The summed E-state index contributed by atoms with van der Waals surface area (Å²) < 4.78 is 0. The molecule has 5 heteroatoms. The van der Waals surface area contributed by atoms with Crippen molar-refractivity contribution in [3.8, 4) is 0 Å². The first kappa shape index (κ1) is 16.0. The predicted molar refractivity (Wildman–Crippen MR) is 89.8 cm³/mol. The van der Waals surface area contributed by atoms with E-state index in [4.69, 9.17) is 0 Å². The van der Waals surface area contributed by atoms with E-state index in [0.717, 1.165) is 4.88 Å². The predicted octanol–water partition coefficient (Wildman–Crippen LogP) is 2.70. The van der Waals surface area contributed by atoms with Crippen LogP contribution in [0.2, 0.25) is 0 Å². The molecule has 2 amide bonds. The van der Waals surface area contributed by atoms with Crippen molar-refractivity contribution in [2.24, 2.45) is 0 Å². The first-order valence-electron chi connectivity index (χ1n) is 7.00. The van der Waals surface area contributed by atoms with Crippen molar-refractivity contribution in [2.45, 2.75) is 6.92 Å². The Morgan fingerprint density at radius 1 is 1.05 bits per heavy atom. The lowest BCUT2D eigenvalue weighted by atomic mass is 10.2. The van der Waals surface area contributed by atoms with Gasteiger partial charge in [-0.2, -0.15) is 0 Å². The average molecular weight is 314 g/mol. The molecule has 1 aromatic heterocycles. The van der Waals surface area contributed by atoms with Crippen LogP contribution in [0.5, 0.6) is 0 Å². The highest BCUT2D eigenvalue weighted by Gasteiger charge is 2.06. The van der Waals surface area contributed by atoms with Gasteiger partial charge in [0, 0.05) is 29.1 Å². The smallest absolute Gasteiger partial charge is 0.251 e. The van der Waals surface area contributed by atoms with Crippen LogP contribution in [0.3, 0.4) is 0 Å². The zero-order valence-corrected chi connectivity index (χ0v) is 13.2. The topological polar surface area (TPSA) is 58.2 Å². The molecule has 1 aromatic carbocycles.